The van der Waals surface area contributed by atoms with Crippen LogP contribution in [0, 0.1) is 5.92 Å². The summed E-state index contributed by atoms with van der Waals surface area (Å²) in [4.78, 5) is 25.6. The number of fused-ring (bicyclic) bond motifs is 1. The van der Waals surface area contributed by atoms with Gasteiger partial charge in [-0.25, -0.2) is 4.98 Å². The summed E-state index contributed by atoms with van der Waals surface area (Å²) in [5.74, 6) is 1.08. The molecular weight excluding hydrogens is 735 g/mol. The molecule has 0 radical (unpaired) electrons. The standard InChI is InChI=1S/C44H65N5O5Si2/c1-12-53-32(2)39-40(34-18-20-35(21-19-34)43(50)54-44(3,4)5)47-41-37(36-22-23-38(45-28-36)33-16-14-13-15-17-33)29-46-49(41)42(39)48(30-51-24-26-55(6,7)8)31-52-25-27-56(9,10)11/h13-17,22-23,28-29,34-35H,2,12,18-21,24-27,30-31H2,1,3-11H3. The summed E-state index contributed by atoms with van der Waals surface area (Å²) in [5, 5.41) is 5.02. The third-order valence-corrected chi connectivity index (χ3v) is 13.4. The van der Waals surface area contributed by atoms with Crippen LogP contribution in [-0.2, 0) is 23.7 Å². The lowest BCUT2D eigenvalue weighted by Crippen LogP contribution is -2.35. The normalized spacial score (nSPS) is 16.5. The minimum absolute atomic E-state index is 0.0495. The van der Waals surface area contributed by atoms with Crippen LogP contribution >= 0.6 is 0 Å². The molecule has 0 saturated heterocycles. The van der Waals surface area contributed by atoms with E-state index in [9.17, 15) is 4.79 Å². The molecule has 1 saturated carbocycles. The number of carbonyl (C=O) groups excluding carboxylic acids is 1. The quantitative estimate of drug-likeness (QED) is 0.0320. The SMILES string of the molecule is C=C(OCC)c1c(C2CCC(C(=O)OC(C)(C)C)CC2)nc2c(-c3ccc(-c4ccccc4)nc3)cnn2c1N(COCC[Si](C)(C)C)COCC[Si](C)(C)C. The van der Waals surface area contributed by atoms with Crippen molar-refractivity contribution in [1.29, 1.82) is 0 Å². The second-order valence-corrected chi connectivity index (χ2v) is 29.7. The molecule has 0 aliphatic heterocycles. The molecule has 1 aliphatic rings. The van der Waals surface area contributed by atoms with Gasteiger partial charge in [0, 0.05) is 58.2 Å². The lowest BCUT2D eigenvalue weighted by Gasteiger charge is -2.33. The number of hydrogen-bond acceptors (Lipinski definition) is 9. The summed E-state index contributed by atoms with van der Waals surface area (Å²) in [5.41, 5.74) is 5.61. The maximum atomic E-state index is 13.2. The van der Waals surface area contributed by atoms with Gasteiger partial charge in [0.2, 0.25) is 0 Å². The molecule has 1 aliphatic carbocycles. The van der Waals surface area contributed by atoms with Crippen molar-refractivity contribution in [3.05, 3.63) is 72.7 Å². The Morgan fingerprint density at radius 1 is 0.875 bits per heavy atom. The Morgan fingerprint density at radius 2 is 1.50 bits per heavy atom. The highest BCUT2D eigenvalue weighted by Gasteiger charge is 2.35. The smallest absolute Gasteiger partial charge is 0.309 e. The van der Waals surface area contributed by atoms with Crippen LogP contribution in [0.2, 0.25) is 51.4 Å². The van der Waals surface area contributed by atoms with Gasteiger partial charge in [-0.15, -0.1) is 0 Å². The monoisotopic (exact) mass is 799 g/mol. The molecule has 56 heavy (non-hydrogen) atoms. The Labute approximate surface area is 337 Å². The van der Waals surface area contributed by atoms with Crippen LogP contribution in [0.1, 0.15) is 70.6 Å². The first-order valence-electron chi connectivity index (χ1n) is 20.3. The summed E-state index contributed by atoms with van der Waals surface area (Å²) in [6.45, 7) is 28.8. The molecule has 3 aromatic heterocycles. The maximum absolute atomic E-state index is 13.2. The van der Waals surface area contributed by atoms with Gasteiger partial charge in [0.05, 0.1) is 35.7 Å². The van der Waals surface area contributed by atoms with E-state index in [0.717, 1.165) is 64.4 Å². The summed E-state index contributed by atoms with van der Waals surface area (Å²) in [7, 11) is -2.67. The van der Waals surface area contributed by atoms with Gasteiger partial charge in [-0.2, -0.15) is 9.61 Å². The molecule has 4 aromatic rings. The fourth-order valence-electron chi connectivity index (χ4n) is 6.89. The Morgan fingerprint density at radius 3 is 2.04 bits per heavy atom. The Balaban J connectivity index is 1.63. The topological polar surface area (TPSA) is 100 Å². The van der Waals surface area contributed by atoms with E-state index in [4.69, 9.17) is 34.0 Å². The number of pyridine rings is 1. The first-order chi connectivity index (χ1) is 26.4. The summed E-state index contributed by atoms with van der Waals surface area (Å²) < 4.78 is 26.9. The first kappa shape index (κ1) is 43.3. The summed E-state index contributed by atoms with van der Waals surface area (Å²) in [6.07, 6.45) is 6.74. The zero-order valence-corrected chi connectivity index (χ0v) is 37.6. The maximum Gasteiger partial charge on any atom is 0.309 e. The molecule has 1 aromatic carbocycles. The number of carbonyl (C=O) groups is 1. The molecule has 0 bridgehead atoms. The predicted octanol–water partition coefficient (Wildman–Crippen LogP) is 10.5. The molecule has 0 N–H and O–H groups in total. The number of benzene rings is 1. The van der Waals surface area contributed by atoms with Crippen LogP contribution in [0.15, 0.2) is 61.4 Å². The van der Waals surface area contributed by atoms with E-state index in [1.165, 1.54) is 0 Å². The van der Waals surface area contributed by atoms with Gasteiger partial charge in [0.1, 0.15) is 30.6 Å². The van der Waals surface area contributed by atoms with Gasteiger partial charge < -0.3 is 23.8 Å². The third-order valence-electron chi connectivity index (χ3n) is 10.0. The summed E-state index contributed by atoms with van der Waals surface area (Å²) >= 11 is 0. The molecule has 0 amide bonds. The van der Waals surface area contributed by atoms with E-state index in [1.54, 1.807) is 0 Å². The van der Waals surface area contributed by atoms with Crippen LogP contribution in [0.5, 0.6) is 0 Å². The number of aromatic nitrogens is 4. The van der Waals surface area contributed by atoms with E-state index in [-0.39, 0.29) is 17.8 Å². The van der Waals surface area contributed by atoms with Crippen molar-refractivity contribution in [3.63, 3.8) is 0 Å². The van der Waals surface area contributed by atoms with Crippen molar-refractivity contribution in [2.75, 3.05) is 38.2 Å². The molecule has 10 nitrogen and oxygen atoms in total. The van der Waals surface area contributed by atoms with Crippen LogP contribution in [0.25, 0.3) is 33.8 Å². The summed E-state index contributed by atoms with van der Waals surface area (Å²) in [6, 6.07) is 16.4. The number of ether oxygens (including phenoxy) is 4. The number of esters is 1. The molecule has 0 atom stereocenters. The van der Waals surface area contributed by atoms with Crippen LogP contribution < -0.4 is 4.90 Å². The highest BCUT2D eigenvalue weighted by molar-refractivity contribution is 6.76. The number of hydrogen-bond donors (Lipinski definition) is 0. The van der Waals surface area contributed by atoms with Crippen LogP contribution in [0.3, 0.4) is 0 Å². The number of anilines is 1. The van der Waals surface area contributed by atoms with Crippen molar-refractivity contribution in [2.24, 2.45) is 5.92 Å². The fraction of sp³-hybridized carbons (Fsp3) is 0.545. The third kappa shape index (κ3) is 11.8. The zero-order chi connectivity index (χ0) is 40.7. The highest BCUT2D eigenvalue weighted by atomic mass is 28.3. The van der Waals surface area contributed by atoms with Gasteiger partial charge in [0.15, 0.2) is 5.65 Å². The second-order valence-electron chi connectivity index (χ2n) is 18.5. The van der Waals surface area contributed by atoms with Crippen molar-refractivity contribution < 1.29 is 23.7 Å². The molecule has 3 heterocycles. The molecule has 12 heteroatoms. The van der Waals surface area contributed by atoms with Crippen LogP contribution in [0.4, 0.5) is 5.82 Å². The number of rotatable bonds is 18. The Bertz CT molecular complexity index is 1880. The van der Waals surface area contributed by atoms with Crippen molar-refractivity contribution in [3.8, 4) is 22.4 Å². The van der Waals surface area contributed by atoms with E-state index in [0.29, 0.717) is 57.5 Å². The molecular formula is C44H65N5O5Si2. The largest absolute Gasteiger partial charge is 0.494 e. The Kier molecular flexibility index (Phi) is 14.4. The second kappa shape index (κ2) is 18.6. The lowest BCUT2D eigenvalue weighted by molar-refractivity contribution is -0.161. The molecule has 1 fully saturated rings. The number of nitrogens with zero attached hydrogens (tertiary/aromatic N) is 5. The fourth-order valence-corrected chi connectivity index (χ4v) is 8.40. The van der Waals surface area contributed by atoms with Gasteiger partial charge in [-0.3, -0.25) is 9.78 Å². The van der Waals surface area contributed by atoms with Crippen LogP contribution in [-0.4, -0.2) is 80.6 Å². The van der Waals surface area contributed by atoms with Gasteiger partial charge >= 0.3 is 5.97 Å². The van der Waals surface area contributed by atoms with Crippen molar-refractivity contribution >= 4 is 39.3 Å². The van der Waals surface area contributed by atoms with E-state index >= 15 is 0 Å². The van der Waals surface area contributed by atoms with Crippen molar-refractivity contribution in [2.45, 2.75) is 116 Å². The predicted molar refractivity (Wildman–Crippen MR) is 233 cm³/mol. The molecule has 304 valence electrons. The van der Waals surface area contributed by atoms with E-state index in [1.807, 2.05) is 68.9 Å². The lowest BCUT2D eigenvalue weighted by atomic mass is 9.79. The van der Waals surface area contributed by atoms with Gasteiger partial charge in [-0.1, -0.05) is 82.3 Å². The zero-order valence-electron chi connectivity index (χ0n) is 35.6. The van der Waals surface area contributed by atoms with E-state index in [2.05, 4.69) is 69.0 Å². The van der Waals surface area contributed by atoms with Gasteiger partial charge in [0.25, 0.3) is 0 Å². The van der Waals surface area contributed by atoms with Crippen molar-refractivity contribution in [1.82, 2.24) is 19.6 Å². The Hall–Kier alpha value is -3.85. The molecule has 0 unspecified atom stereocenters. The highest BCUT2D eigenvalue weighted by Crippen LogP contribution is 2.43. The first-order valence-corrected chi connectivity index (χ1v) is 27.7. The molecule has 5 rings (SSSR count). The molecule has 0 spiro atoms. The van der Waals surface area contributed by atoms with E-state index < -0.39 is 21.7 Å². The average molecular weight is 800 g/mol. The van der Waals surface area contributed by atoms with Gasteiger partial charge in [-0.05, 0) is 71.5 Å². The minimum Gasteiger partial charge on any atom is -0.494 e. The minimum atomic E-state index is -1.33. The average Bonchev–Trinajstić information content (AvgIpc) is 3.56.